The molecule has 0 bridgehead atoms. The molecule has 3 rings (SSSR count). The zero-order valence-electron chi connectivity index (χ0n) is 16.5. The van der Waals surface area contributed by atoms with Crippen molar-refractivity contribution in [3.8, 4) is 0 Å². The molecule has 2 aromatic rings. The van der Waals surface area contributed by atoms with Crippen molar-refractivity contribution in [2.75, 3.05) is 42.6 Å². The molecule has 1 amide bonds. The van der Waals surface area contributed by atoms with Gasteiger partial charge in [0.2, 0.25) is 11.9 Å². The monoisotopic (exact) mass is 406 g/mol. The van der Waals surface area contributed by atoms with Gasteiger partial charge in [-0.25, -0.2) is 13.8 Å². The molecular formula is C20H24F2N4O3. The molecule has 7 nitrogen and oxygen atoms in total. The summed E-state index contributed by atoms with van der Waals surface area (Å²) in [6.45, 7) is 6.25. The molecule has 0 spiro atoms. The number of rotatable bonds is 6. The van der Waals surface area contributed by atoms with Crippen molar-refractivity contribution in [3.63, 3.8) is 0 Å². The van der Waals surface area contributed by atoms with E-state index in [0.29, 0.717) is 50.1 Å². The van der Waals surface area contributed by atoms with Gasteiger partial charge in [0.15, 0.2) is 11.6 Å². The maximum absolute atomic E-state index is 13.5. The number of carbonyl (C=O) groups excluding carboxylic acids is 1. The Kier molecular flexibility index (Phi) is 6.58. The van der Waals surface area contributed by atoms with Gasteiger partial charge in [-0.2, -0.15) is 0 Å². The number of anilines is 2. The number of aryl methyl sites for hydroxylation is 1. The fourth-order valence-corrected chi connectivity index (χ4v) is 3.34. The lowest BCUT2D eigenvalue weighted by Gasteiger charge is -2.27. The molecule has 1 fully saturated rings. The van der Waals surface area contributed by atoms with Crippen molar-refractivity contribution in [2.45, 2.75) is 26.7 Å². The van der Waals surface area contributed by atoms with Gasteiger partial charge in [-0.05, 0) is 32.4 Å². The summed E-state index contributed by atoms with van der Waals surface area (Å²) in [5.41, 5.74) is 1.01. The van der Waals surface area contributed by atoms with E-state index in [9.17, 15) is 18.4 Å². The average Bonchev–Trinajstić information content (AvgIpc) is 2.71. The first kappa shape index (κ1) is 20.9. The van der Waals surface area contributed by atoms with Crippen LogP contribution in [0.5, 0.6) is 0 Å². The lowest BCUT2D eigenvalue weighted by Crippen LogP contribution is -2.38. The highest BCUT2D eigenvalue weighted by Gasteiger charge is 2.19. The van der Waals surface area contributed by atoms with Crippen molar-refractivity contribution < 1.29 is 18.3 Å². The number of aromatic nitrogens is 2. The summed E-state index contributed by atoms with van der Waals surface area (Å²) in [6, 6.07) is 3.34. The molecule has 156 valence electrons. The third-order valence-electron chi connectivity index (χ3n) is 4.94. The molecule has 0 aliphatic carbocycles. The van der Waals surface area contributed by atoms with Gasteiger partial charge in [-0.1, -0.05) is 0 Å². The van der Waals surface area contributed by atoms with Crippen molar-refractivity contribution in [1.29, 1.82) is 0 Å². The van der Waals surface area contributed by atoms with E-state index in [1.165, 1.54) is 11.0 Å². The van der Waals surface area contributed by atoms with E-state index < -0.39 is 11.6 Å². The molecule has 29 heavy (non-hydrogen) atoms. The molecule has 1 aliphatic heterocycles. The molecule has 1 N–H and O–H groups in total. The summed E-state index contributed by atoms with van der Waals surface area (Å²) >= 11 is 0. The quantitative estimate of drug-likeness (QED) is 0.796. The Hall–Kier alpha value is -2.81. The van der Waals surface area contributed by atoms with Crippen molar-refractivity contribution in [2.24, 2.45) is 0 Å². The smallest absolute Gasteiger partial charge is 0.255 e. The Morgan fingerprint density at radius 3 is 2.62 bits per heavy atom. The minimum absolute atomic E-state index is 0.0509. The van der Waals surface area contributed by atoms with Crippen LogP contribution in [0.25, 0.3) is 0 Å². The third-order valence-corrected chi connectivity index (χ3v) is 4.94. The SMILES string of the molecule is CCN(C(=O)CCc1c(C)nc(N2CCOCC2)[nH]c1=O)c1ccc(F)c(F)c1. The Labute approximate surface area is 167 Å². The Morgan fingerprint density at radius 1 is 1.28 bits per heavy atom. The number of benzene rings is 1. The molecule has 0 radical (unpaired) electrons. The minimum Gasteiger partial charge on any atom is -0.378 e. The number of H-pyrrole nitrogens is 1. The zero-order chi connectivity index (χ0) is 21.0. The summed E-state index contributed by atoms with van der Waals surface area (Å²) in [5, 5.41) is 0. The van der Waals surface area contributed by atoms with Crippen molar-refractivity contribution >= 4 is 17.5 Å². The number of morpholine rings is 1. The van der Waals surface area contributed by atoms with Crippen LogP contribution in [0.3, 0.4) is 0 Å². The Balaban J connectivity index is 1.71. The molecule has 9 heteroatoms. The highest BCUT2D eigenvalue weighted by molar-refractivity contribution is 5.93. The number of carbonyl (C=O) groups is 1. The molecule has 0 saturated carbocycles. The van der Waals surface area contributed by atoms with E-state index in [4.69, 9.17) is 4.74 Å². The molecular weight excluding hydrogens is 382 g/mol. The highest BCUT2D eigenvalue weighted by atomic mass is 19.2. The van der Waals surface area contributed by atoms with Crippen LogP contribution in [-0.2, 0) is 16.0 Å². The van der Waals surface area contributed by atoms with Gasteiger partial charge in [0.1, 0.15) is 0 Å². The van der Waals surface area contributed by atoms with Crippen molar-refractivity contribution in [3.05, 3.63) is 51.4 Å². The van der Waals surface area contributed by atoms with E-state index in [2.05, 4.69) is 9.97 Å². The van der Waals surface area contributed by atoms with Crippen LogP contribution in [0.2, 0.25) is 0 Å². The summed E-state index contributed by atoms with van der Waals surface area (Å²) in [7, 11) is 0. The van der Waals surface area contributed by atoms with E-state index in [-0.39, 0.29) is 30.0 Å². The van der Waals surface area contributed by atoms with E-state index in [0.717, 1.165) is 12.1 Å². The lowest BCUT2D eigenvalue weighted by atomic mass is 10.1. The highest BCUT2D eigenvalue weighted by Crippen LogP contribution is 2.19. The number of nitrogens with one attached hydrogen (secondary N) is 1. The van der Waals surface area contributed by atoms with E-state index >= 15 is 0 Å². The molecule has 2 heterocycles. The second-order valence-corrected chi connectivity index (χ2v) is 6.79. The predicted molar refractivity (Wildman–Crippen MR) is 105 cm³/mol. The second kappa shape index (κ2) is 9.13. The molecule has 0 atom stereocenters. The van der Waals surface area contributed by atoms with Crippen LogP contribution < -0.4 is 15.4 Å². The number of hydrogen-bond acceptors (Lipinski definition) is 5. The fraction of sp³-hybridized carbons (Fsp3) is 0.450. The van der Waals surface area contributed by atoms with Gasteiger partial charge in [-0.3, -0.25) is 14.6 Å². The van der Waals surface area contributed by atoms with Crippen molar-refractivity contribution in [1.82, 2.24) is 9.97 Å². The third kappa shape index (κ3) is 4.79. The zero-order valence-corrected chi connectivity index (χ0v) is 16.5. The molecule has 0 unspecified atom stereocenters. The van der Waals surface area contributed by atoms with E-state index in [1.54, 1.807) is 13.8 Å². The largest absolute Gasteiger partial charge is 0.378 e. The van der Waals surface area contributed by atoms with Gasteiger partial charge < -0.3 is 14.5 Å². The summed E-state index contributed by atoms with van der Waals surface area (Å²) < 4.78 is 32.0. The fourth-order valence-electron chi connectivity index (χ4n) is 3.34. The van der Waals surface area contributed by atoms with Crippen LogP contribution >= 0.6 is 0 Å². The average molecular weight is 406 g/mol. The Bertz CT molecular complexity index is 942. The summed E-state index contributed by atoms with van der Waals surface area (Å²) in [5.74, 6) is -1.76. The number of amides is 1. The number of aromatic amines is 1. The topological polar surface area (TPSA) is 78.5 Å². The molecule has 1 aromatic carbocycles. The first-order valence-electron chi connectivity index (χ1n) is 9.58. The van der Waals surface area contributed by atoms with E-state index in [1.807, 2.05) is 4.90 Å². The molecule has 1 saturated heterocycles. The minimum atomic E-state index is -1.01. The number of ether oxygens (including phenoxy) is 1. The van der Waals surface area contributed by atoms with Gasteiger partial charge in [0, 0.05) is 49.1 Å². The first-order chi connectivity index (χ1) is 13.9. The summed E-state index contributed by atoms with van der Waals surface area (Å²) in [4.78, 5) is 35.8. The number of halogens is 2. The first-order valence-corrected chi connectivity index (χ1v) is 9.58. The second-order valence-electron chi connectivity index (χ2n) is 6.79. The van der Waals surface area contributed by atoms with Crippen LogP contribution in [0, 0.1) is 18.6 Å². The predicted octanol–water partition coefficient (Wildman–Crippen LogP) is 2.18. The maximum Gasteiger partial charge on any atom is 0.255 e. The van der Waals surface area contributed by atoms with Gasteiger partial charge in [-0.15, -0.1) is 0 Å². The lowest BCUT2D eigenvalue weighted by molar-refractivity contribution is -0.118. The van der Waals surface area contributed by atoms with Crippen LogP contribution in [0.15, 0.2) is 23.0 Å². The van der Waals surface area contributed by atoms with Gasteiger partial charge >= 0.3 is 0 Å². The number of nitrogens with zero attached hydrogens (tertiary/aromatic N) is 3. The normalized spacial score (nSPS) is 14.1. The van der Waals surface area contributed by atoms with Crippen LogP contribution in [0.4, 0.5) is 20.4 Å². The van der Waals surface area contributed by atoms with Crippen LogP contribution in [0.1, 0.15) is 24.6 Å². The Morgan fingerprint density at radius 2 is 2.00 bits per heavy atom. The standard InChI is InChI=1S/C20H24F2N4O3/c1-3-26(14-4-6-16(21)17(22)12-14)18(27)7-5-15-13(2)23-20(24-19(15)28)25-8-10-29-11-9-25/h4,6,12H,3,5,7-11H2,1-2H3,(H,23,24,28). The molecule has 1 aromatic heterocycles. The van der Waals surface area contributed by atoms with Gasteiger partial charge in [0.25, 0.3) is 5.56 Å². The summed E-state index contributed by atoms with van der Waals surface area (Å²) in [6.07, 6.45) is 0.256. The van der Waals surface area contributed by atoms with Gasteiger partial charge in [0.05, 0.1) is 13.2 Å². The van der Waals surface area contributed by atoms with Crippen LogP contribution in [-0.4, -0.2) is 48.7 Å². The molecule has 1 aliphatic rings. The maximum atomic E-state index is 13.5. The number of hydrogen-bond donors (Lipinski definition) is 1.